The molecule has 0 aromatic heterocycles. The minimum Gasteiger partial charge on any atom is -0.871 e. The Kier molecular flexibility index (Phi) is 5.30. The van der Waals surface area contributed by atoms with Gasteiger partial charge in [-0.25, -0.2) is 0 Å². The molecule has 0 fully saturated rings. The number of hydrogen-bond acceptors (Lipinski definition) is 5. The molecule has 4 rings (SSSR count). The summed E-state index contributed by atoms with van der Waals surface area (Å²) in [4.78, 5) is 0. The van der Waals surface area contributed by atoms with Crippen LogP contribution in [0, 0.1) is 0 Å². The van der Waals surface area contributed by atoms with Gasteiger partial charge in [0.15, 0.2) is 4.75 Å². The fourth-order valence-corrected chi connectivity index (χ4v) is 7.57. The summed E-state index contributed by atoms with van der Waals surface area (Å²) in [6.07, 6.45) is 0. The van der Waals surface area contributed by atoms with Gasteiger partial charge in [0.1, 0.15) is 11.5 Å². The van der Waals surface area contributed by atoms with Crippen LogP contribution in [0.1, 0.15) is 16.7 Å². The van der Waals surface area contributed by atoms with Crippen molar-refractivity contribution in [3.05, 3.63) is 83.1 Å². The Bertz CT molecular complexity index is 1170. The Morgan fingerprint density at radius 1 is 0.862 bits per heavy atom. The molecule has 1 aliphatic heterocycles. The highest BCUT2D eigenvalue weighted by atomic mass is 79.9. The SMILES string of the molecule is O=S1(=O)Oc2ccccc2C1(c1cc(Br)c([O-])c(Br)c1)c1cc(Br)c(O)c(Br)c1. The third kappa shape index (κ3) is 3.06. The van der Waals surface area contributed by atoms with E-state index in [4.69, 9.17) is 4.18 Å². The van der Waals surface area contributed by atoms with E-state index in [0.717, 1.165) is 0 Å². The molecule has 5 nitrogen and oxygen atoms in total. The predicted molar refractivity (Wildman–Crippen MR) is 121 cm³/mol. The molecule has 3 aromatic rings. The molecule has 0 saturated carbocycles. The number of fused-ring (bicyclic) bond motifs is 1. The van der Waals surface area contributed by atoms with Crippen molar-refractivity contribution in [3.8, 4) is 17.2 Å². The first-order valence-electron chi connectivity index (χ1n) is 7.98. The Balaban J connectivity index is 2.21. The standard InChI is InChI=1S/C19H10Br4O5S/c20-12-5-9(6-13(21)17(12)24)19(10-7-14(22)18(25)15(23)8-10)11-3-1-2-4-16(11)28-29(19,26)27/h1-8,24-25H/p-1. The van der Waals surface area contributed by atoms with Crippen LogP contribution in [0.15, 0.2) is 66.4 Å². The minimum absolute atomic E-state index is 0.0641. The van der Waals surface area contributed by atoms with Crippen molar-refractivity contribution in [2.75, 3.05) is 0 Å². The van der Waals surface area contributed by atoms with Crippen molar-refractivity contribution >= 4 is 73.8 Å². The van der Waals surface area contributed by atoms with Gasteiger partial charge in [-0.3, -0.25) is 0 Å². The van der Waals surface area contributed by atoms with Crippen LogP contribution in [0.3, 0.4) is 0 Å². The van der Waals surface area contributed by atoms with Crippen molar-refractivity contribution < 1.29 is 22.8 Å². The third-order valence-corrected chi connectivity index (χ3v) is 8.90. The first kappa shape index (κ1) is 21.2. The molecule has 0 amide bonds. The van der Waals surface area contributed by atoms with Gasteiger partial charge in [0, 0.05) is 14.5 Å². The van der Waals surface area contributed by atoms with Crippen LogP contribution < -0.4 is 9.29 Å². The molecule has 0 spiro atoms. The van der Waals surface area contributed by atoms with Crippen molar-refractivity contribution in [1.29, 1.82) is 0 Å². The zero-order chi connectivity index (χ0) is 21.1. The highest BCUT2D eigenvalue weighted by molar-refractivity contribution is 9.11. The molecule has 0 radical (unpaired) electrons. The lowest BCUT2D eigenvalue weighted by molar-refractivity contribution is -0.270. The number of halogens is 4. The van der Waals surface area contributed by atoms with Gasteiger partial charge >= 0.3 is 10.1 Å². The summed E-state index contributed by atoms with van der Waals surface area (Å²) in [7, 11) is -4.27. The van der Waals surface area contributed by atoms with Gasteiger partial charge in [-0.1, -0.05) is 55.8 Å². The lowest BCUT2D eigenvalue weighted by atomic mass is 9.83. The highest BCUT2D eigenvalue weighted by Gasteiger charge is 2.57. The number of benzene rings is 3. The maximum absolute atomic E-state index is 13.5. The lowest BCUT2D eigenvalue weighted by Gasteiger charge is -2.30. The van der Waals surface area contributed by atoms with Crippen LogP contribution in [0.5, 0.6) is 17.2 Å². The molecule has 29 heavy (non-hydrogen) atoms. The average Bonchev–Trinajstić information content (AvgIpc) is 2.90. The fourth-order valence-electron chi connectivity index (χ4n) is 3.44. The van der Waals surface area contributed by atoms with Crippen LogP contribution in [0.2, 0.25) is 0 Å². The number of aromatic hydroxyl groups is 1. The van der Waals surface area contributed by atoms with Crippen LogP contribution in [0.4, 0.5) is 0 Å². The van der Waals surface area contributed by atoms with E-state index in [0.29, 0.717) is 25.6 Å². The van der Waals surface area contributed by atoms with Crippen molar-refractivity contribution in [2.24, 2.45) is 0 Å². The predicted octanol–water partition coefficient (Wildman–Crippen LogP) is 5.53. The molecule has 150 valence electrons. The Labute approximate surface area is 200 Å². The smallest absolute Gasteiger partial charge is 0.328 e. The second-order valence-electron chi connectivity index (χ2n) is 6.27. The number of para-hydroxylation sites is 1. The zero-order valence-corrected chi connectivity index (χ0v) is 21.3. The summed E-state index contributed by atoms with van der Waals surface area (Å²) in [6, 6.07) is 12.6. The summed E-state index contributed by atoms with van der Waals surface area (Å²) in [6.45, 7) is 0. The summed E-state index contributed by atoms with van der Waals surface area (Å²) < 4.78 is 31.7. The van der Waals surface area contributed by atoms with Gasteiger partial charge < -0.3 is 14.4 Å². The minimum atomic E-state index is -4.27. The lowest BCUT2D eigenvalue weighted by Crippen LogP contribution is -2.36. The molecule has 1 atom stereocenters. The first-order chi connectivity index (χ1) is 13.6. The Morgan fingerprint density at radius 3 is 1.90 bits per heavy atom. The number of phenolic OH excluding ortho intramolecular Hbond substituents is 1. The normalized spacial score (nSPS) is 19.6. The second-order valence-corrected chi connectivity index (χ2v) is 11.4. The molecule has 0 bridgehead atoms. The largest absolute Gasteiger partial charge is 0.871 e. The van der Waals surface area contributed by atoms with E-state index in [1.807, 2.05) is 0 Å². The Morgan fingerprint density at radius 2 is 1.34 bits per heavy atom. The molecule has 1 unspecified atom stereocenters. The maximum Gasteiger partial charge on any atom is 0.328 e. The van der Waals surface area contributed by atoms with Crippen molar-refractivity contribution in [3.63, 3.8) is 0 Å². The highest BCUT2D eigenvalue weighted by Crippen LogP contribution is 2.55. The topological polar surface area (TPSA) is 86.7 Å². The summed E-state index contributed by atoms with van der Waals surface area (Å²) in [5, 5.41) is 22.4. The van der Waals surface area contributed by atoms with Crippen molar-refractivity contribution in [2.45, 2.75) is 4.75 Å². The quantitative estimate of drug-likeness (QED) is 0.363. The molecular weight excluding hydrogens is 660 g/mol. The number of hydrogen-bond donors (Lipinski definition) is 1. The monoisotopic (exact) mass is 665 g/mol. The molecular formula is C19H9Br4O5S-. The Hall–Kier alpha value is -1.07. The van der Waals surface area contributed by atoms with Gasteiger partial charge in [-0.15, -0.1) is 0 Å². The van der Waals surface area contributed by atoms with E-state index in [1.165, 1.54) is 24.3 Å². The summed E-state index contributed by atoms with van der Waals surface area (Å²) in [5.74, 6) is -0.168. The van der Waals surface area contributed by atoms with Gasteiger partial charge in [-0.05, 0) is 73.3 Å². The van der Waals surface area contributed by atoms with Gasteiger partial charge in [0.2, 0.25) is 0 Å². The van der Waals surface area contributed by atoms with E-state index in [2.05, 4.69) is 63.7 Å². The van der Waals surface area contributed by atoms with Gasteiger partial charge in [-0.2, -0.15) is 8.42 Å². The van der Waals surface area contributed by atoms with E-state index < -0.39 is 14.9 Å². The molecule has 1 aliphatic rings. The molecule has 1 N–H and O–H groups in total. The summed E-state index contributed by atoms with van der Waals surface area (Å²) in [5.41, 5.74) is 1.05. The van der Waals surface area contributed by atoms with Crippen LogP contribution in [-0.2, 0) is 14.9 Å². The molecule has 1 heterocycles. The van der Waals surface area contributed by atoms with Crippen LogP contribution >= 0.6 is 63.7 Å². The summed E-state index contributed by atoms with van der Waals surface area (Å²) >= 11 is 13.0. The van der Waals surface area contributed by atoms with Gasteiger partial charge in [0.05, 0.1) is 8.95 Å². The molecule has 0 aliphatic carbocycles. The van der Waals surface area contributed by atoms with E-state index >= 15 is 0 Å². The van der Waals surface area contributed by atoms with E-state index in [9.17, 15) is 18.6 Å². The van der Waals surface area contributed by atoms with Gasteiger partial charge in [0.25, 0.3) is 0 Å². The molecule has 10 heteroatoms. The molecule has 3 aromatic carbocycles. The van der Waals surface area contributed by atoms with E-state index in [-0.39, 0.29) is 26.2 Å². The number of rotatable bonds is 2. The average molecular weight is 669 g/mol. The zero-order valence-electron chi connectivity index (χ0n) is 14.1. The maximum atomic E-state index is 13.5. The second kappa shape index (κ2) is 7.26. The van der Waals surface area contributed by atoms with Crippen molar-refractivity contribution in [1.82, 2.24) is 0 Å². The van der Waals surface area contributed by atoms with E-state index in [1.54, 1.807) is 24.3 Å². The fraction of sp³-hybridized carbons (Fsp3) is 0.0526. The molecule has 0 saturated heterocycles. The van der Waals surface area contributed by atoms with Crippen LogP contribution in [0.25, 0.3) is 0 Å². The first-order valence-corrected chi connectivity index (χ1v) is 12.6. The third-order valence-electron chi connectivity index (χ3n) is 4.67. The number of phenols is 1. The van der Waals surface area contributed by atoms with Crippen LogP contribution in [-0.4, -0.2) is 13.5 Å².